The molecular formula is C14H17FN4S. The van der Waals surface area contributed by atoms with Crippen LogP contribution in [0, 0.1) is 5.82 Å². The Labute approximate surface area is 123 Å². The summed E-state index contributed by atoms with van der Waals surface area (Å²) >= 11 is 4.89. The highest BCUT2D eigenvalue weighted by atomic mass is 32.1. The molecule has 0 atom stereocenters. The number of halogens is 1. The highest BCUT2D eigenvalue weighted by Gasteiger charge is 2.08. The summed E-state index contributed by atoms with van der Waals surface area (Å²) in [6, 6.07) is 4.67. The molecule has 0 aliphatic heterocycles. The van der Waals surface area contributed by atoms with E-state index in [2.05, 4.69) is 9.88 Å². The predicted molar refractivity (Wildman–Crippen MR) is 80.7 cm³/mol. The van der Waals surface area contributed by atoms with Gasteiger partial charge in [0.1, 0.15) is 16.6 Å². The number of rotatable bonds is 5. The highest BCUT2D eigenvalue weighted by molar-refractivity contribution is 7.80. The molecule has 0 saturated heterocycles. The molecular weight excluding hydrogens is 275 g/mol. The van der Waals surface area contributed by atoms with Crippen LogP contribution in [0.15, 0.2) is 30.6 Å². The Morgan fingerprint density at radius 1 is 1.40 bits per heavy atom. The third-order valence-corrected chi connectivity index (χ3v) is 3.26. The topological polar surface area (TPSA) is 47.1 Å². The molecule has 0 aliphatic rings. The third-order valence-electron chi connectivity index (χ3n) is 3.03. The number of thiocarbonyl (C=S) groups is 1. The first-order chi connectivity index (χ1) is 9.45. The first kappa shape index (κ1) is 14.6. The molecule has 106 valence electrons. The van der Waals surface area contributed by atoms with Gasteiger partial charge in [-0.3, -0.25) is 4.90 Å². The van der Waals surface area contributed by atoms with Crippen molar-refractivity contribution in [1.29, 1.82) is 0 Å². The lowest BCUT2D eigenvalue weighted by molar-refractivity contribution is 0.306. The Bertz CT molecular complexity index is 623. The number of imidazole rings is 1. The number of benzene rings is 1. The second kappa shape index (κ2) is 6.11. The average molecular weight is 292 g/mol. The molecule has 2 N–H and O–H groups in total. The highest BCUT2D eigenvalue weighted by Crippen LogP contribution is 2.12. The van der Waals surface area contributed by atoms with Crippen molar-refractivity contribution in [2.75, 3.05) is 7.05 Å². The van der Waals surface area contributed by atoms with E-state index in [1.54, 1.807) is 6.20 Å². The van der Waals surface area contributed by atoms with Crippen LogP contribution in [0.3, 0.4) is 0 Å². The van der Waals surface area contributed by atoms with E-state index in [4.69, 9.17) is 18.0 Å². The molecule has 2 rings (SSSR count). The summed E-state index contributed by atoms with van der Waals surface area (Å²) in [4.78, 5) is 6.53. The minimum Gasteiger partial charge on any atom is -0.389 e. The van der Waals surface area contributed by atoms with Crippen molar-refractivity contribution in [2.24, 2.45) is 12.8 Å². The summed E-state index contributed by atoms with van der Waals surface area (Å²) in [5.41, 5.74) is 6.94. The number of aromatic nitrogens is 2. The second-order valence-corrected chi connectivity index (χ2v) is 5.28. The summed E-state index contributed by atoms with van der Waals surface area (Å²) in [6.07, 6.45) is 3.66. The van der Waals surface area contributed by atoms with Crippen molar-refractivity contribution >= 4 is 17.2 Å². The number of nitrogens with two attached hydrogens (primary N) is 1. The molecule has 0 radical (unpaired) electrons. The van der Waals surface area contributed by atoms with Crippen LogP contribution in [0.25, 0.3) is 0 Å². The minimum absolute atomic E-state index is 0.206. The van der Waals surface area contributed by atoms with Gasteiger partial charge in [0.25, 0.3) is 0 Å². The minimum atomic E-state index is -0.323. The lowest BCUT2D eigenvalue weighted by Crippen LogP contribution is -2.20. The molecule has 1 aromatic heterocycles. The Morgan fingerprint density at radius 3 is 2.75 bits per heavy atom. The molecule has 20 heavy (non-hydrogen) atoms. The van der Waals surface area contributed by atoms with Crippen LogP contribution < -0.4 is 5.73 Å². The molecule has 0 bridgehead atoms. The SMILES string of the molecule is CN(Cc1cc(F)cc(C(N)=S)c1)Cc1nccn1C. The normalized spacial score (nSPS) is 11.0. The lowest BCUT2D eigenvalue weighted by atomic mass is 10.1. The first-order valence-electron chi connectivity index (χ1n) is 6.19. The van der Waals surface area contributed by atoms with Gasteiger partial charge in [-0.15, -0.1) is 0 Å². The Kier molecular flexibility index (Phi) is 4.46. The van der Waals surface area contributed by atoms with Gasteiger partial charge in [0.05, 0.1) is 6.54 Å². The molecule has 0 aliphatic carbocycles. The summed E-state index contributed by atoms with van der Waals surface area (Å²) in [5.74, 6) is 0.633. The number of aryl methyl sites for hydroxylation is 1. The lowest BCUT2D eigenvalue weighted by Gasteiger charge is -2.17. The molecule has 0 spiro atoms. The Hall–Kier alpha value is -1.79. The fourth-order valence-corrected chi connectivity index (χ4v) is 2.16. The van der Waals surface area contributed by atoms with Crippen LogP contribution in [-0.2, 0) is 20.1 Å². The quantitative estimate of drug-likeness (QED) is 0.854. The van der Waals surface area contributed by atoms with Crippen LogP contribution in [0.2, 0.25) is 0 Å². The Morgan fingerprint density at radius 2 is 2.15 bits per heavy atom. The zero-order valence-corrected chi connectivity index (χ0v) is 12.3. The predicted octanol–water partition coefficient (Wildman–Crippen LogP) is 1.83. The first-order valence-corrected chi connectivity index (χ1v) is 6.60. The maximum Gasteiger partial charge on any atom is 0.124 e. The number of nitrogens with zero attached hydrogens (tertiary/aromatic N) is 3. The average Bonchev–Trinajstić information content (AvgIpc) is 2.74. The standard InChI is InChI=1S/C14H17FN4S/c1-18(9-13-17-3-4-19(13)2)8-10-5-11(14(16)20)7-12(15)6-10/h3-7H,8-9H2,1-2H3,(H2,16,20). The summed E-state index contributed by atoms with van der Waals surface area (Å²) in [5, 5.41) is 0. The van der Waals surface area contributed by atoms with Gasteiger partial charge in [-0.1, -0.05) is 12.2 Å². The van der Waals surface area contributed by atoms with Crippen molar-refractivity contribution in [3.8, 4) is 0 Å². The van der Waals surface area contributed by atoms with Crippen molar-refractivity contribution in [1.82, 2.24) is 14.5 Å². The van der Waals surface area contributed by atoms with Crippen LogP contribution in [-0.4, -0.2) is 26.5 Å². The molecule has 1 aromatic carbocycles. The molecule has 0 unspecified atom stereocenters. The van der Waals surface area contributed by atoms with Crippen LogP contribution >= 0.6 is 12.2 Å². The summed E-state index contributed by atoms with van der Waals surface area (Å²) in [7, 11) is 3.91. The van der Waals surface area contributed by atoms with E-state index in [0.29, 0.717) is 18.7 Å². The Balaban J connectivity index is 2.09. The van der Waals surface area contributed by atoms with Gasteiger partial charge in [-0.05, 0) is 30.8 Å². The zero-order chi connectivity index (χ0) is 14.7. The number of hydrogen-bond donors (Lipinski definition) is 1. The number of hydrogen-bond acceptors (Lipinski definition) is 3. The van der Waals surface area contributed by atoms with Gasteiger partial charge in [0.15, 0.2) is 0 Å². The third kappa shape index (κ3) is 3.61. The maximum atomic E-state index is 13.5. The molecule has 2 aromatic rings. The van der Waals surface area contributed by atoms with Crippen LogP contribution in [0.5, 0.6) is 0 Å². The van der Waals surface area contributed by atoms with Crippen molar-refractivity contribution in [3.05, 3.63) is 53.4 Å². The zero-order valence-electron chi connectivity index (χ0n) is 11.5. The second-order valence-electron chi connectivity index (χ2n) is 4.84. The molecule has 1 heterocycles. The van der Waals surface area contributed by atoms with E-state index >= 15 is 0 Å². The van der Waals surface area contributed by atoms with Gasteiger partial charge in [0.2, 0.25) is 0 Å². The molecule has 0 fully saturated rings. The van der Waals surface area contributed by atoms with Gasteiger partial charge in [-0.2, -0.15) is 0 Å². The summed E-state index contributed by atoms with van der Waals surface area (Å²) < 4.78 is 15.5. The van der Waals surface area contributed by atoms with Gasteiger partial charge >= 0.3 is 0 Å². The largest absolute Gasteiger partial charge is 0.389 e. The van der Waals surface area contributed by atoms with Gasteiger partial charge in [0, 0.05) is 31.5 Å². The van der Waals surface area contributed by atoms with E-state index in [0.717, 1.165) is 11.4 Å². The maximum absolute atomic E-state index is 13.5. The van der Waals surface area contributed by atoms with Crippen molar-refractivity contribution in [3.63, 3.8) is 0 Å². The van der Waals surface area contributed by atoms with Gasteiger partial charge in [-0.25, -0.2) is 9.37 Å². The molecule has 0 saturated carbocycles. The summed E-state index contributed by atoms with van der Waals surface area (Å²) in [6.45, 7) is 1.28. The van der Waals surface area contributed by atoms with Crippen LogP contribution in [0.1, 0.15) is 17.0 Å². The van der Waals surface area contributed by atoms with E-state index in [-0.39, 0.29) is 10.8 Å². The fourth-order valence-electron chi connectivity index (χ4n) is 2.04. The van der Waals surface area contributed by atoms with E-state index < -0.39 is 0 Å². The molecule has 6 heteroatoms. The monoisotopic (exact) mass is 292 g/mol. The van der Waals surface area contributed by atoms with Crippen LogP contribution in [0.4, 0.5) is 4.39 Å². The van der Waals surface area contributed by atoms with Crippen molar-refractivity contribution in [2.45, 2.75) is 13.1 Å². The van der Waals surface area contributed by atoms with E-state index in [1.165, 1.54) is 12.1 Å². The van der Waals surface area contributed by atoms with Gasteiger partial charge < -0.3 is 10.3 Å². The van der Waals surface area contributed by atoms with E-state index in [1.807, 2.05) is 30.9 Å². The molecule has 4 nitrogen and oxygen atoms in total. The molecule has 0 amide bonds. The fraction of sp³-hybridized carbons (Fsp3) is 0.286. The smallest absolute Gasteiger partial charge is 0.124 e. The van der Waals surface area contributed by atoms with Crippen molar-refractivity contribution < 1.29 is 4.39 Å². The van der Waals surface area contributed by atoms with E-state index in [9.17, 15) is 4.39 Å².